The first-order valence-electron chi connectivity index (χ1n) is 3.77. The molecule has 0 aromatic heterocycles. The van der Waals surface area contributed by atoms with Gasteiger partial charge in [0.1, 0.15) is 0 Å². The molecule has 0 bridgehead atoms. The molecular formula is C9H13NS. The second-order valence-corrected chi connectivity index (χ2v) is 3.13. The Bertz CT molecular complexity index is 198. The molecular weight excluding hydrogens is 154 g/mol. The SMILES string of the molecule is NCCC(S)c1ccccc1. The van der Waals surface area contributed by atoms with Crippen LogP contribution in [0.15, 0.2) is 30.3 Å². The van der Waals surface area contributed by atoms with Gasteiger partial charge in [-0.3, -0.25) is 0 Å². The van der Waals surface area contributed by atoms with Crippen molar-refractivity contribution in [2.24, 2.45) is 5.73 Å². The molecule has 0 saturated heterocycles. The van der Waals surface area contributed by atoms with Gasteiger partial charge >= 0.3 is 0 Å². The molecule has 2 heteroatoms. The van der Waals surface area contributed by atoms with Crippen molar-refractivity contribution in [1.29, 1.82) is 0 Å². The predicted molar refractivity (Wildman–Crippen MR) is 51.8 cm³/mol. The van der Waals surface area contributed by atoms with E-state index in [2.05, 4.69) is 24.8 Å². The molecule has 1 nitrogen and oxygen atoms in total. The summed E-state index contributed by atoms with van der Waals surface area (Å²) in [6.07, 6.45) is 0.938. The Hall–Kier alpha value is -0.470. The van der Waals surface area contributed by atoms with Crippen LogP contribution in [0.4, 0.5) is 0 Å². The maximum absolute atomic E-state index is 5.42. The molecule has 1 unspecified atom stereocenters. The molecule has 0 heterocycles. The number of rotatable bonds is 3. The fraction of sp³-hybridized carbons (Fsp3) is 0.333. The molecule has 1 aromatic rings. The number of hydrogen-bond acceptors (Lipinski definition) is 2. The molecule has 0 amide bonds. The van der Waals surface area contributed by atoms with E-state index in [0.717, 1.165) is 6.42 Å². The maximum Gasteiger partial charge on any atom is 0.0279 e. The van der Waals surface area contributed by atoms with Crippen molar-refractivity contribution in [2.45, 2.75) is 11.7 Å². The van der Waals surface area contributed by atoms with E-state index in [1.165, 1.54) is 5.56 Å². The van der Waals surface area contributed by atoms with Gasteiger partial charge in [0.05, 0.1) is 0 Å². The second kappa shape index (κ2) is 4.42. The number of thiol groups is 1. The van der Waals surface area contributed by atoms with Gasteiger partial charge in [0.15, 0.2) is 0 Å². The molecule has 0 saturated carbocycles. The lowest BCUT2D eigenvalue weighted by molar-refractivity contribution is 0.819. The van der Waals surface area contributed by atoms with Crippen LogP contribution in [0.5, 0.6) is 0 Å². The lowest BCUT2D eigenvalue weighted by Crippen LogP contribution is -2.02. The van der Waals surface area contributed by atoms with E-state index in [-0.39, 0.29) is 0 Å². The van der Waals surface area contributed by atoms with Crippen molar-refractivity contribution in [1.82, 2.24) is 0 Å². The van der Waals surface area contributed by atoms with Gasteiger partial charge in [-0.25, -0.2) is 0 Å². The van der Waals surface area contributed by atoms with Crippen molar-refractivity contribution in [3.63, 3.8) is 0 Å². The van der Waals surface area contributed by atoms with E-state index in [9.17, 15) is 0 Å². The van der Waals surface area contributed by atoms with Crippen LogP contribution in [0, 0.1) is 0 Å². The topological polar surface area (TPSA) is 26.0 Å². The lowest BCUT2D eigenvalue weighted by atomic mass is 10.1. The maximum atomic E-state index is 5.42. The van der Waals surface area contributed by atoms with Crippen LogP contribution < -0.4 is 5.73 Å². The zero-order valence-corrected chi connectivity index (χ0v) is 7.30. The summed E-state index contributed by atoms with van der Waals surface area (Å²) in [5.74, 6) is 0. The van der Waals surface area contributed by atoms with E-state index in [1.54, 1.807) is 0 Å². The summed E-state index contributed by atoms with van der Waals surface area (Å²) in [5.41, 5.74) is 6.67. The zero-order valence-electron chi connectivity index (χ0n) is 6.40. The summed E-state index contributed by atoms with van der Waals surface area (Å²) in [6.45, 7) is 0.697. The van der Waals surface area contributed by atoms with Gasteiger partial charge in [0, 0.05) is 5.25 Å². The van der Waals surface area contributed by atoms with E-state index >= 15 is 0 Å². The monoisotopic (exact) mass is 167 g/mol. The number of nitrogens with two attached hydrogens (primary N) is 1. The number of hydrogen-bond donors (Lipinski definition) is 2. The molecule has 1 rings (SSSR count). The third-order valence-corrected chi connectivity index (χ3v) is 2.18. The summed E-state index contributed by atoms with van der Waals surface area (Å²) in [7, 11) is 0. The average molecular weight is 167 g/mol. The molecule has 11 heavy (non-hydrogen) atoms. The van der Waals surface area contributed by atoms with Crippen LogP contribution in [-0.2, 0) is 0 Å². The molecule has 60 valence electrons. The van der Waals surface area contributed by atoms with Gasteiger partial charge in [-0.1, -0.05) is 30.3 Å². The fourth-order valence-corrected chi connectivity index (χ4v) is 1.32. The highest BCUT2D eigenvalue weighted by molar-refractivity contribution is 7.80. The van der Waals surface area contributed by atoms with Crippen molar-refractivity contribution in [2.75, 3.05) is 6.54 Å². The molecule has 0 radical (unpaired) electrons. The summed E-state index contributed by atoms with van der Waals surface area (Å²) in [5, 5.41) is 0.293. The van der Waals surface area contributed by atoms with Crippen LogP contribution in [0.3, 0.4) is 0 Å². The largest absolute Gasteiger partial charge is 0.330 e. The molecule has 0 aliphatic carbocycles. The summed E-state index contributed by atoms with van der Waals surface area (Å²) >= 11 is 4.42. The van der Waals surface area contributed by atoms with Crippen molar-refractivity contribution in [3.8, 4) is 0 Å². The normalized spacial score (nSPS) is 12.9. The quantitative estimate of drug-likeness (QED) is 0.662. The van der Waals surface area contributed by atoms with E-state index in [4.69, 9.17) is 5.73 Å². The van der Waals surface area contributed by atoms with Gasteiger partial charge < -0.3 is 5.73 Å². The third kappa shape index (κ3) is 2.56. The van der Waals surface area contributed by atoms with Crippen LogP contribution >= 0.6 is 12.6 Å². The highest BCUT2D eigenvalue weighted by Gasteiger charge is 2.02. The minimum Gasteiger partial charge on any atom is -0.330 e. The van der Waals surface area contributed by atoms with Gasteiger partial charge in [0.25, 0.3) is 0 Å². The van der Waals surface area contributed by atoms with Crippen LogP contribution in [0.25, 0.3) is 0 Å². The molecule has 1 aromatic carbocycles. The molecule has 2 N–H and O–H groups in total. The predicted octanol–water partition coefficient (Wildman–Crippen LogP) is 2.01. The molecule has 1 atom stereocenters. The molecule has 0 fully saturated rings. The van der Waals surface area contributed by atoms with E-state index in [0.29, 0.717) is 11.8 Å². The van der Waals surface area contributed by atoms with Gasteiger partial charge in [-0.2, -0.15) is 12.6 Å². The van der Waals surface area contributed by atoms with Crippen LogP contribution in [0.2, 0.25) is 0 Å². The molecule has 0 spiro atoms. The Morgan fingerprint density at radius 1 is 1.27 bits per heavy atom. The van der Waals surface area contributed by atoms with Crippen LogP contribution in [0.1, 0.15) is 17.2 Å². The Morgan fingerprint density at radius 3 is 2.45 bits per heavy atom. The lowest BCUT2D eigenvalue weighted by Gasteiger charge is -2.08. The summed E-state index contributed by atoms with van der Waals surface area (Å²) < 4.78 is 0. The fourth-order valence-electron chi connectivity index (χ4n) is 1.000. The Morgan fingerprint density at radius 2 is 1.91 bits per heavy atom. The smallest absolute Gasteiger partial charge is 0.0279 e. The van der Waals surface area contributed by atoms with Crippen molar-refractivity contribution in [3.05, 3.63) is 35.9 Å². The van der Waals surface area contributed by atoms with E-state index in [1.807, 2.05) is 18.2 Å². The van der Waals surface area contributed by atoms with E-state index < -0.39 is 0 Å². The zero-order chi connectivity index (χ0) is 8.10. The average Bonchev–Trinajstić information content (AvgIpc) is 2.07. The second-order valence-electron chi connectivity index (χ2n) is 2.50. The highest BCUT2D eigenvalue weighted by Crippen LogP contribution is 2.21. The summed E-state index contributed by atoms with van der Waals surface area (Å²) in [4.78, 5) is 0. The minimum atomic E-state index is 0.293. The Labute approximate surface area is 73.0 Å². The van der Waals surface area contributed by atoms with Crippen molar-refractivity contribution >= 4 is 12.6 Å². The number of benzene rings is 1. The third-order valence-electron chi connectivity index (χ3n) is 1.62. The standard InChI is InChI=1S/C9H13NS/c10-7-6-9(11)8-4-2-1-3-5-8/h1-5,9,11H,6-7,10H2. The van der Waals surface area contributed by atoms with Crippen molar-refractivity contribution < 1.29 is 0 Å². The first-order chi connectivity index (χ1) is 5.34. The first kappa shape index (κ1) is 8.62. The van der Waals surface area contributed by atoms with Gasteiger partial charge in [-0.05, 0) is 18.5 Å². The van der Waals surface area contributed by atoms with Crippen LogP contribution in [-0.4, -0.2) is 6.54 Å². The highest BCUT2D eigenvalue weighted by atomic mass is 32.1. The van der Waals surface area contributed by atoms with Gasteiger partial charge in [-0.15, -0.1) is 0 Å². The minimum absolute atomic E-state index is 0.293. The molecule has 0 aliphatic rings. The first-order valence-corrected chi connectivity index (χ1v) is 4.29. The Kier molecular flexibility index (Phi) is 3.46. The summed E-state index contributed by atoms with van der Waals surface area (Å²) in [6, 6.07) is 10.2. The Balaban J connectivity index is 2.61. The van der Waals surface area contributed by atoms with Gasteiger partial charge in [0.2, 0.25) is 0 Å². The molecule has 0 aliphatic heterocycles.